The van der Waals surface area contributed by atoms with E-state index in [1.807, 2.05) is 13.8 Å². The third kappa shape index (κ3) is 13.5. The third-order valence-corrected chi connectivity index (χ3v) is 13.4. The van der Waals surface area contributed by atoms with E-state index < -0.39 is 59.4 Å². The molecule has 16 heteroatoms. The lowest BCUT2D eigenvalue weighted by Crippen LogP contribution is -2.54. The van der Waals surface area contributed by atoms with Crippen LogP contribution in [-0.4, -0.2) is 119 Å². The topological polar surface area (TPSA) is 163 Å². The quantitative estimate of drug-likeness (QED) is 0.104. The molecule has 6 rings (SSSR count). The van der Waals surface area contributed by atoms with Crippen molar-refractivity contribution in [2.75, 3.05) is 39.3 Å². The molecule has 0 bridgehead atoms. The zero-order valence-electron chi connectivity index (χ0n) is 37.9. The van der Waals surface area contributed by atoms with Gasteiger partial charge in [0.05, 0.1) is 48.0 Å². The summed E-state index contributed by atoms with van der Waals surface area (Å²) in [6, 6.07) is 4.62. The summed E-state index contributed by atoms with van der Waals surface area (Å²) in [6.45, 7) is 11.5. The van der Waals surface area contributed by atoms with E-state index in [4.69, 9.17) is 0 Å². The molecule has 2 aromatic rings. The van der Waals surface area contributed by atoms with E-state index in [1.54, 1.807) is 9.80 Å². The second-order valence-corrected chi connectivity index (χ2v) is 18.1. The zero-order chi connectivity index (χ0) is 46.5. The van der Waals surface area contributed by atoms with Crippen molar-refractivity contribution in [2.45, 2.75) is 141 Å². The molecular formula is C48H70F4N6O6. The van der Waals surface area contributed by atoms with Crippen LogP contribution in [0.1, 0.15) is 103 Å². The summed E-state index contributed by atoms with van der Waals surface area (Å²) in [5.41, 5.74) is 0.730. The number of hydrogen-bond acceptors (Lipinski definition) is 8. The number of halogens is 4. The van der Waals surface area contributed by atoms with E-state index in [2.05, 4.69) is 35.1 Å². The van der Waals surface area contributed by atoms with Gasteiger partial charge in [-0.1, -0.05) is 40.5 Å². The first kappa shape index (κ1) is 50.9. The molecule has 10 atom stereocenters. The minimum absolute atomic E-state index is 0.00265. The first-order valence-electron chi connectivity index (χ1n) is 23.6. The standard InChI is InChI=1S/2C24H35F2N3O3/c2*1-3-5-9-29-14-19(18(4-2)24(29)32)23(31)28-21(22(30)20-7-6-8-27-20)12-15-10-16(25)13-17(26)11-15/h2*10-11,13,18-22,27,30H,3-9,12,14H2,1-2H3,(H,28,31)/t18-,19+,20+,21-,22+;18-,19+,20-,21+,22-/m01/s1. The van der Waals surface area contributed by atoms with Crippen molar-refractivity contribution < 1.29 is 47.0 Å². The number of nitrogens with zero attached hydrogens (tertiary/aromatic N) is 2. The number of aliphatic hydroxyl groups excluding tert-OH is 2. The van der Waals surface area contributed by atoms with Gasteiger partial charge in [-0.15, -0.1) is 0 Å². The smallest absolute Gasteiger partial charge is 0.226 e. The van der Waals surface area contributed by atoms with Crippen molar-refractivity contribution in [3.63, 3.8) is 0 Å². The number of unbranched alkanes of at least 4 members (excludes halogenated alkanes) is 2. The molecule has 64 heavy (non-hydrogen) atoms. The number of amides is 4. The zero-order valence-corrected chi connectivity index (χ0v) is 37.9. The Balaban J connectivity index is 0.000000241. The highest BCUT2D eigenvalue weighted by molar-refractivity contribution is 5.92. The van der Waals surface area contributed by atoms with Gasteiger partial charge < -0.3 is 41.3 Å². The maximum Gasteiger partial charge on any atom is 0.226 e. The Morgan fingerprint density at radius 1 is 0.641 bits per heavy atom. The Labute approximate surface area is 375 Å². The Morgan fingerprint density at radius 3 is 1.30 bits per heavy atom. The lowest BCUT2D eigenvalue weighted by molar-refractivity contribution is -0.134. The van der Waals surface area contributed by atoms with Gasteiger partial charge >= 0.3 is 0 Å². The fourth-order valence-corrected chi connectivity index (χ4v) is 9.90. The van der Waals surface area contributed by atoms with Gasteiger partial charge in [-0.2, -0.15) is 0 Å². The maximum absolute atomic E-state index is 13.7. The maximum atomic E-state index is 13.7. The van der Waals surface area contributed by atoms with Crippen LogP contribution in [0.2, 0.25) is 0 Å². The monoisotopic (exact) mass is 903 g/mol. The summed E-state index contributed by atoms with van der Waals surface area (Å²) in [5, 5.41) is 34.3. The van der Waals surface area contributed by atoms with Crippen LogP contribution < -0.4 is 21.3 Å². The molecule has 6 N–H and O–H groups in total. The number of nitrogens with one attached hydrogen (secondary N) is 4. The van der Waals surface area contributed by atoms with Crippen LogP contribution >= 0.6 is 0 Å². The van der Waals surface area contributed by atoms with Crippen molar-refractivity contribution in [3.8, 4) is 0 Å². The number of aliphatic hydroxyl groups is 2. The summed E-state index contributed by atoms with van der Waals surface area (Å²) in [6.07, 6.45) is 6.52. The van der Waals surface area contributed by atoms with Gasteiger partial charge in [-0.25, -0.2) is 17.6 Å². The minimum atomic E-state index is -0.916. The molecule has 0 aromatic heterocycles. The van der Waals surface area contributed by atoms with Crippen LogP contribution in [0.25, 0.3) is 0 Å². The number of hydrogen-bond donors (Lipinski definition) is 6. The number of carbonyl (C=O) groups is 4. The predicted molar refractivity (Wildman–Crippen MR) is 236 cm³/mol. The predicted octanol–water partition coefficient (Wildman–Crippen LogP) is 4.78. The molecule has 0 spiro atoms. The Bertz CT molecular complexity index is 1690. The number of carbonyl (C=O) groups excluding carboxylic acids is 4. The minimum Gasteiger partial charge on any atom is -0.389 e. The second kappa shape index (κ2) is 24.4. The van der Waals surface area contributed by atoms with Crippen molar-refractivity contribution in [1.29, 1.82) is 0 Å². The average molecular weight is 903 g/mol. The van der Waals surface area contributed by atoms with Gasteiger partial charge in [-0.3, -0.25) is 19.2 Å². The van der Waals surface area contributed by atoms with Gasteiger partial charge in [0, 0.05) is 50.4 Å². The Hall–Kier alpha value is -4.12. The fourth-order valence-electron chi connectivity index (χ4n) is 9.90. The summed E-state index contributed by atoms with van der Waals surface area (Å²) in [7, 11) is 0. The first-order chi connectivity index (χ1) is 30.7. The van der Waals surface area contributed by atoms with Crippen LogP contribution in [0.15, 0.2) is 36.4 Å². The number of likely N-dealkylation sites (tertiary alicyclic amines) is 2. The molecule has 0 aliphatic carbocycles. The van der Waals surface area contributed by atoms with E-state index in [9.17, 15) is 47.0 Å². The molecule has 12 nitrogen and oxygen atoms in total. The molecule has 4 fully saturated rings. The summed E-state index contributed by atoms with van der Waals surface area (Å²) in [5.74, 6) is -5.14. The molecule has 0 saturated carbocycles. The van der Waals surface area contributed by atoms with Crippen LogP contribution in [0, 0.1) is 46.9 Å². The van der Waals surface area contributed by atoms with Crippen molar-refractivity contribution in [3.05, 3.63) is 70.8 Å². The van der Waals surface area contributed by atoms with Gasteiger partial charge in [-0.05, 0) is 113 Å². The number of rotatable bonds is 20. The van der Waals surface area contributed by atoms with Gasteiger partial charge in [0.15, 0.2) is 0 Å². The number of benzene rings is 2. The largest absolute Gasteiger partial charge is 0.389 e. The molecule has 0 radical (unpaired) electrons. The average Bonchev–Trinajstić information content (AvgIpc) is 4.09. The van der Waals surface area contributed by atoms with Gasteiger partial charge in [0.2, 0.25) is 23.6 Å². The lowest BCUT2D eigenvalue weighted by Gasteiger charge is -2.30. The Morgan fingerprint density at radius 2 is 1.00 bits per heavy atom. The van der Waals surface area contributed by atoms with E-state index in [0.717, 1.165) is 76.6 Å². The van der Waals surface area contributed by atoms with Crippen molar-refractivity contribution in [2.24, 2.45) is 23.7 Å². The Kier molecular flexibility index (Phi) is 19.4. The van der Waals surface area contributed by atoms with Gasteiger partial charge in [0.1, 0.15) is 23.3 Å². The van der Waals surface area contributed by atoms with E-state index >= 15 is 0 Å². The third-order valence-electron chi connectivity index (χ3n) is 13.4. The molecule has 0 unspecified atom stereocenters. The second-order valence-electron chi connectivity index (χ2n) is 18.1. The molecular weight excluding hydrogens is 833 g/mol. The first-order valence-corrected chi connectivity index (χ1v) is 23.6. The summed E-state index contributed by atoms with van der Waals surface area (Å²) >= 11 is 0. The highest BCUT2D eigenvalue weighted by Crippen LogP contribution is 2.30. The molecule has 356 valence electrons. The highest BCUT2D eigenvalue weighted by atomic mass is 19.1. The molecule has 2 aromatic carbocycles. The van der Waals surface area contributed by atoms with Crippen LogP contribution in [0.3, 0.4) is 0 Å². The van der Waals surface area contributed by atoms with E-state index in [1.165, 1.54) is 24.3 Å². The molecule has 4 aliphatic rings. The van der Waals surface area contributed by atoms with Crippen LogP contribution in [0.4, 0.5) is 17.6 Å². The fraction of sp³-hybridized carbons (Fsp3) is 0.667. The summed E-state index contributed by atoms with van der Waals surface area (Å²) < 4.78 is 54.9. The summed E-state index contributed by atoms with van der Waals surface area (Å²) in [4.78, 5) is 55.6. The van der Waals surface area contributed by atoms with Crippen LogP contribution in [-0.2, 0) is 32.0 Å². The molecule has 4 saturated heterocycles. The van der Waals surface area contributed by atoms with Crippen molar-refractivity contribution >= 4 is 23.6 Å². The lowest BCUT2D eigenvalue weighted by atomic mass is 9.90. The van der Waals surface area contributed by atoms with Crippen molar-refractivity contribution in [1.82, 2.24) is 31.1 Å². The van der Waals surface area contributed by atoms with Crippen LogP contribution in [0.5, 0.6) is 0 Å². The van der Waals surface area contributed by atoms with Gasteiger partial charge in [0.25, 0.3) is 0 Å². The van der Waals surface area contributed by atoms with E-state index in [-0.39, 0.29) is 60.4 Å². The molecule has 4 amide bonds. The highest BCUT2D eigenvalue weighted by Gasteiger charge is 2.45. The normalized spacial score (nSPS) is 25.2. The molecule has 4 aliphatic heterocycles. The van der Waals surface area contributed by atoms with E-state index in [0.29, 0.717) is 50.1 Å². The molecule has 4 heterocycles. The SMILES string of the molecule is CCCCN1C[C@@H](C(=O)N[C@@H](Cc2cc(F)cc(F)c2)[C@H](O)[C@H]2CCCN2)[C@H](CC)C1=O.CCCCN1C[C@H](C(=O)N[C@@H](Cc2cc(F)cc(F)c2)[C@H](O)[C@H]2CCCN2)[C@@H](CC)C1=O.